The molecule has 1 unspecified atom stereocenters. The van der Waals surface area contributed by atoms with Crippen LogP contribution in [0.25, 0.3) is 0 Å². The zero-order valence-corrected chi connectivity index (χ0v) is 11.0. The van der Waals surface area contributed by atoms with E-state index < -0.39 is 0 Å². The molecule has 0 aliphatic carbocycles. The highest BCUT2D eigenvalue weighted by Gasteiger charge is 2.28. The maximum absolute atomic E-state index is 11.8. The third-order valence-electron chi connectivity index (χ3n) is 3.62. The highest BCUT2D eigenvalue weighted by molar-refractivity contribution is 5.93. The standard InChI is InChI=1S/C15H17N3O/c1-2-18-15-13(10-16-18)12(9-14(19)17-15)8-11-6-4-3-5-7-11/h3-7,10,12H,2,8-9H2,1H3,(H,17,19). The Morgan fingerprint density at radius 1 is 1.37 bits per heavy atom. The first kappa shape index (κ1) is 12.0. The van der Waals surface area contributed by atoms with Crippen LogP contribution in [0, 0.1) is 0 Å². The number of aryl methyl sites for hydroxylation is 1. The Labute approximate surface area is 112 Å². The summed E-state index contributed by atoms with van der Waals surface area (Å²) >= 11 is 0. The maximum atomic E-state index is 11.8. The number of carbonyl (C=O) groups is 1. The highest BCUT2D eigenvalue weighted by atomic mass is 16.1. The van der Waals surface area contributed by atoms with Crippen molar-refractivity contribution in [2.75, 3.05) is 5.32 Å². The van der Waals surface area contributed by atoms with Crippen molar-refractivity contribution < 1.29 is 4.79 Å². The molecule has 4 heteroatoms. The van der Waals surface area contributed by atoms with Gasteiger partial charge in [0.05, 0.1) is 6.20 Å². The molecular formula is C15H17N3O. The number of benzene rings is 1. The second-order valence-electron chi connectivity index (χ2n) is 4.90. The molecule has 2 aromatic rings. The number of anilines is 1. The smallest absolute Gasteiger partial charge is 0.226 e. The van der Waals surface area contributed by atoms with Crippen molar-refractivity contribution in [2.24, 2.45) is 0 Å². The van der Waals surface area contributed by atoms with E-state index in [1.54, 1.807) is 0 Å². The summed E-state index contributed by atoms with van der Waals surface area (Å²) in [5, 5.41) is 7.28. The average molecular weight is 255 g/mol. The van der Waals surface area contributed by atoms with Crippen LogP contribution in [-0.2, 0) is 17.8 Å². The van der Waals surface area contributed by atoms with Crippen molar-refractivity contribution in [1.82, 2.24) is 9.78 Å². The second kappa shape index (κ2) is 4.88. The number of amides is 1. The van der Waals surface area contributed by atoms with Gasteiger partial charge in [-0.2, -0.15) is 5.10 Å². The van der Waals surface area contributed by atoms with Crippen LogP contribution < -0.4 is 5.32 Å². The van der Waals surface area contributed by atoms with E-state index in [0.29, 0.717) is 6.42 Å². The summed E-state index contributed by atoms with van der Waals surface area (Å²) < 4.78 is 1.85. The quantitative estimate of drug-likeness (QED) is 0.916. The minimum absolute atomic E-state index is 0.0867. The first-order chi connectivity index (χ1) is 9.28. The Morgan fingerprint density at radius 2 is 2.16 bits per heavy atom. The van der Waals surface area contributed by atoms with Crippen LogP contribution in [0.4, 0.5) is 5.82 Å². The van der Waals surface area contributed by atoms with Crippen LogP contribution in [0.2, 0.25) is 0 Å². The summed E-state index contributed by atoms with van der Waals surface area (Å²) in [6.45, 7) is 2.80. The lowest BCUT2D eigenvalue weighted by molar-refractivity contribution is -0.116. The molecule has 98 valence electrons. The third kappa shape index (κ3) is 2.26. The molecule has 19 heavy (non-hydrogen) atoms. The SMILES string of the molecule is CCn1ncc2c1NC(=O)CC2Cc1ccccc1. The van der Waals surface area contributed by atoms with Crippen molar-refractivity contribution >= 4 is 11.7 Å². The monoisotopic (exact) mass is 255 g/mol. The Balaban J connectivity index is 1.91. The van der Waals surface area contributed by atoms with Crippen molar-refractivity contribution in [3.63, 3.8) is 0 Å². The largest absolute Gasteiger partial charge is 0.311 e. The van der Waals surface area contributed by atoms with Gasteiger partial charge < -0.3 is 5.32 Å². The fourth-order valence-corrected chi connectivity index (χ4v) is 2.67. The Morgan fingerprint density at radius 3 is 2.89 bits per heavy atom. The second-order valence-corrected chi connectivity index (χ2v) is 4.90. The normalized spacial score (nSPS) is 17.9. The number of nitrogens with one attached hydrogen (secondary N) is 1. The molecular weight excluding hydrogens is 238 g/mol. The highest BCUT2D eigenvalue weighted by Crippen LogP contribution is 2.34. The van der Waals surface area contributed by atoms with E-state index in [1.807, 2.05) is 36.0 Å². The van der Waals surface area contributed by atoms with E-state index in [4.69, 9.17) is 0 Å². The molecule has 1 aromatic heterocycles. The summed E-state index contributed by atoms with van der Waals surface area (Å²) in [6.07, 6.45) is 3.32. The predicted molar refractivity (Wildman–Crippen MR) is 74.0 cm³/mol. The molecule has 0 bridgehead atoms. The van der Waals surface area contributed by atoms with Crippen molar-refractivity contribution in [2.45, 2.75) is 32.2 Å². The third-order valence-corrected chi connectivity index (χ3v) is 3.62. The van der Waals surface area contributed by atoms with E-state index in [2.05, 4.69) is 22.5 Å². The molecule has 3 rings (SSSR count). The summed E-state index contributed by atoms with van der Waals surface area (Å²) in [4.78, 5) is 11.8. The van der Waals surface area contributed by atoms with Crippen molar-refractivity contribution in [1.29, 1.82) is 0 Å². The van der Waals surface area contributed by atoms with E-state index in [0.717, 1.165) is 24.3 Å². The molecule has 1 aliphatic rings. The molecule has 2 heterocycles. The summed E-state index contributed by atoms with van der Waals surface area (Å²) in [5.74, 6) is 1.19. The summed E-state index contributed by atoms with van der Waals surface area (Å²) in [5.41, 5.74) is 2.42. The number of carbonyl (C=O) groups excluding carboxylic acids is 1. The van der Waals surface area contributed by atoms with Crippen molar-refractivity contribution in [3.8, 4) is 0 Å². The molecule has 1 aromatic carbocycles. The van der Waals surface area contributed by atoms with Gasteiger partial charge in [-0.3, -0.25) is 4.79 Å². The van der Waals surface area contributed by atoms with Gasteiger partial charge in [0.1, 0.15) is 5.82 Å². The minimum atomic E-state index is 0.0867. The van der Waals surface area contributed by atoms with E-state index in [9.17, 15) is 4.79 Å². The zero-order chi connectivity index (χ0) is 13.2. The molecule has 1 atom stereocenters. The van der Waals surface area contributed by atoms with Crippen LogP contribution in [-0.4, -0.2) is 15.7 Å². The van der Waals surface area contributed by atoms with Crippen LogP contribution in [0.15, 0.2) is 36.5 Å². The molecule has 0 saturated carbocycles. The lowest BCUT2D eigenvalue weighted by Crippen LogP contribution is -2.25. The summed E-state index contributed by atoms with van der Waals surface area (Å²) in [7, 11) is 0. The van der Waals surface area contributed by atoms with Crippen LogP contribution in [0.1, 0.15) is 30.4 Å². The van der Waals surface area contributed by atoms with Crippen LogP contribution in [0.3, 0.4) is 0 Å². The fraction of sp³-hybridized carbons (Fsp3) is 0.333. The van der Waals surface area contributed by atoms with Crippen LogP contribution in [0.5, 0.6) is 0 Å². The van der Waals surface area contributed by atoms with E-state index >= 15 is 0 Å². The maximum Gasteiger partial charge on any atom is 0.226 e. The van der Waals surface area contributed by atoms with Crippen molar-refractivity contribution in [3.05, 3.63) is 47.7 Å². The van der Waals surface area contributed by atoms with Gasteiger partial charge in [0.15, 0.2) is 0 Å². The van der Waals surface area contributed by atoms with Gasteiger partial charge in [-0.05, 0) is 18.9 Å². The lowest BCUT2D eigenvalue weighted by Gasteiger charge is -2.23. The number of nitrogens with zero attached hydrogens (tertiary/aromatic N) is 2. The van der Waals surface area contributed by atoms with Crippen LogP contribution >= 0.6 is 0 Å². The minimum Gasteiger partial charge on any atom is -0.311 e. The lowest BCUT2D eigenvalue weighted by atomic mass is 9.88. The van der Waals surface area contributed by atoms with Gasteiger partial charge >= 0.3 is 0 Å². The first-order valence-corrected chi connectivity index (χ1v) is 6.67. The zero-order valence-electron chi connectivity index (χ0n) is 11.0. The molecule has 0 fully saturated rings. The Kier molecular flexibility index (Phi) is 3.07. The average Bonchev–Trinajstić information content (AvgIpc) is 2.83. The number of aromatic nitrogens is 2. The predicted octanol–water partition coefficient (Wildman–Crippen LogP) is 2.57. The number of hydrogen-bond acceptors (Lipinski definition) is 2. The van der Waals surface area contributed by atoms with Gasteiger partial charge in [0.25, 0.3) is 0 Å². The molecule has 1 amide bonds. The van der Waals surface area contributed by atoms with E-state index in [1.165, 1.54) is 5.56 Å². The van der Waals surface area contributed by atoms with Gasteiger partial charge in [0, 0.05) is 24.4 Å². The fourth-order valence-electron chi connectivity index (χ4n) is 2.67. The van der Waals surface area contributed by atoms with Gasteiger partial charge in [-0.15, -0.1) is 0 Å². The molecule has 1 aliphatic heterocycles. The van der Waals surface area contributed by atoms with Gasteiger partial charge in [-0.1, -0.05) is 30.3 Å². The first-order valence-electron chi connectivity index (χ1n) is 6.67. The Bertz CT molecular complexity index is 589. The molecule has 4 nitrogen and oxygen atoms in total. The van der Waals surface area contributed by atoms with Gasteiger partial charge in [-0.25, -0.2) is 4.68 Å². The summed E-state index contributed by atoms with van der Waals surface area (Å²) in [6, 6.07) is 10.3. The Hall–Kier alpha value is -2.10. The molecule has 0 radical (unpaired) electrons. The molecule has 1 N–H and O–H groups in total. The van der Waals surface area contributed by atoms with E-state index in [-0.39, 0.29) is 11.8 Å². The number of fused-ring (bicyclic) bond motifs is 1. The van der Waals surface area contributed by atoms with Gasteiger partial charge in [0.2, 0.25) is 5.91 Å². The molecule has 0 spiro atoms. The number of rotatable bonds is 3. The number of hydrogen-bond donors (Lipinski definition) is 1. The topological polar surface area (TPSA) is 46.9 Å². The molecule has 0 saturated heterocycles.